The summed E-state index contributed by atoms with van der Waals surface area (Å²) in [5.41, 5.74) is -1.43. The molecule has 3 unspecified atom stereocenters. The van der Waals surface area contributed by atoms with Crippen LogP contribution in [-0.4, -0.2) is 51.4 Å². The fourth-order valence-electron chi connectivity index (χ4n) is 2.35. The Labute approximate surface area is 123 Å². The number of rotatable bonds is 7. The minimum atomic E-state index is -1.43. The summed E-state index contributed by atoms with van der Waals surface area (Å²) >= 11 is 1.92. The number of thioether (sulfide) groups is 1. The van der Waals surface area contributed by atoms with E-state index in [4.69, 9.17) is 5.11 Å². The maximum atomic E-state index is 11.7. The molecule has 0 spiro atoms. The maximum absolute atomic E-state index is 11.7. The Morgan fingerprint density at radius 2 is 2.10 bits per heavy atom. The zero-order chi connectivity index (χ0) is 15.2. The third-order valence-corrected chi connectivity index (χ3v) is 4.52. The number of carboxylic acids is 1. The molecule has 6 nitrogen and oxygen atoms in total. The number of hydrogen-bond donors (Lipinski definition) is 4. The van der Waals surface area contributed by atoms with Gasteiger partial charge in [0, 0.05) is 17.8 Å². The van der Waals surface area contributed by atoms with Gasteiger partial charge in [0.05, 0.1) is 12.0 Å². The summed E-state index contributed by atoms with van der Waals surface area (Å²) in [7, 11) is 0. The van der Waals surface area contributed by atoms with Gasteiger partial charge in [-0.2, -0.15) is 11.8 Å². The van der Waals surface area contributed by atoms with Crippen LogP contribution in [0.15, 0.2) is 0 Å². The van der Waals surface area contributed by atoms with Gasteiger partial charge in [0.1, 0.15) is 0 Å². The van der Waals surface area contributed by atoms with Gasteiger partial charge in [-0.15, -0.1) is 0 Å². The Morgan fingerprint density at radius 1 is 1.40 bits per heavy atom. The van der Waals surface area contributed by atoms with E-state index in [1.54, 1.807) is 0 Å². The van der Waals surface area contributed by atoms with Gasteiger partial charge in [-0.3, -0.25) is 4.79 Å². The molecule has 2 amide bonds. The van der Waals surface area contributed by atoms with Gasteiger partial charge in [0.15, 0.2) is 0 Å². The first kappa shape index (κ1) is 17.1. The average molecular weight is 304 g/mol. The lowest BCUT2D eigenvalue weighted by molar-refractivity contribution is -0.141. The largest absolute Gasteiger partial charge is 0.481 e. The quantitative estimate of drug-likeness (QED) is 0.566. The summed E-state index contributed by atoms with van der Waals surface area (Å²) < 4.78 is 0. The molecule has 4 N–H and O–H groups in total. The Hall–Kier alpha value is -0.950. The number of carbonyl (C=O) groups excluding carboxylic acids is 1. The molecule has 20 heavy (non-hydrogen) atoms. The minimum absolute atomic E-state index is 0.0784. The molecule has 1 aliphatic carbocycles. The molecular formula is C13H24N2O4S. The lowest BCUT2D eigenvalue weighted by Crippen LogP contribution is -2.48. The van der Waals surface area contributed by atoms with Crippen molar-refractivity contribution in [1.82, 2.24) is 10.6 Å². The molecule has 0 aromatic heterocycles. The van der Waals surface area contributed by atoms with E-state index in [-0.39, 0.29) is 18.6 Å². The molecule has 0 aliphatic heterocycles. The topological polar surface area (TPSA) is 98.7 Å². The molecule has 0 heterocycles. The Balaban J connectivity index is 2.25. The molecule has 1 fully saturated rings. The first-order valence-corrected chi connectivity index (χ1v) is 7.97. The van der Waals surface area contributed by atoms with Gasteiger partial charge in [-0.1, -0.05) is 6.92 Å². The molecule has 1 aliphatic rings. The highest BCUT2D eigenvalue weighted by molar-refractivity contribution is 7.99. The number of urea groups is 1. The first-order chi connectivity index (χ1) is 9.32. The highest BCUT2D eigenvalue weighted by atomic mass is 32.2. The summed E-state index contributed by atoms with van der Waals surface area (Å²) in [5.74, 6) is -0.00538. The molecule has 1 rings (SSSR count). The summed E-state index contributed by atoms with van der Waals surface area (Å²) in [6.07, 6.45) is 2.65. The van der Waals surface area contributed by atoms with E-state index in [2.05, 4.69) is 17.6 Å². The van der Waals surface area contributed by atoms with E-state index in [1.165, 1.54) is 6.92 Å². The lowest BCUT2D eigenvalue weighted by Gasteiger charge is -2.22. The highest BCUT2D eigenvalue weighted by Gasteiger charge is 2.27. The van der Waals surface area contributed by atoms with Crippen molar-refractivity contribution in [3.8, 4) is 0 Å². The summed E-state index contributed by atoms with van der Waals surface area (Å²) in [5, 5.41) is 24.4. The first-order valence-electron chi connectivity index (χ1n) is 6.92. The normalized spacial score (nSPS) is 24.9. The molecular weight excluding hydrogens is 280 g/mol. The van der Waals surface area contributed by atoms with E-state index in [0.717, 1.165) is 25.0 Å². The fourth-order valence-corrected chi connectivity index (χ4v) is 3.50. The SMILES string of the molecule is CCSC1CCC(NC(=O)NCC(C)(O)CC(=O)O)C1. The second-order valence-corrected chi connectivity index (χ2v) is 7.06. The number of nitrogens with one attached hydrogen (secondary N) is 2. The Morgan fingerprint density at radius 3 is 2.70 bits per heavy atom. The van der Waals surface area contributed by atoms with Crippen LogP contribution < -0.4 is 10.6 Å². The van der Waals surface area contributed by atoms with Crippen molar-refractivity contribution in [2.45, 2.75) is 56.4 Å². The zero-order valence-electron chi connectivity index (χ0n) is 12.0. The van der Waals surface area contributed by atoms with Gasteiger partial charge < -0.3 is 20.8 Å². The van der Waals surface area contributed by atoms with Gasteiger partial charge in [0.25, 0.3) is 0 Å². The van der Waals surface area contributed by atoms with Crippen LogP contribution in [-0.2, 0) is 4.79 Å². The second-order valence-electron chi connectivity index (χ2n) is 5.48. The summed E-state index contributed by atoms with van der Waals surface area (Å²) in [4.78, 5) is 22.3. The highest BCUT2D eigenvalue weighted by Crippen LogP contribution is 2.29. The van der Waals surface area contributed by atoms with Gasteiger partial charge in [-0.05, 0) is 31.9 Å². The number of hydrogen-bond acceptors (Lipinski definition) is 4. The summed E-state index contributed by atoms with van der Waals surface area (Å²) in [6.45, 7) is 3.44. The van der Waals surface area contributed by atoms with Gasteiger partial charge in [0.2, 0.25) is 0 Å². The molecule has 0 aromatic rings. The van der Waals surface area contributed by atoms with Crippen LogP contribution in [0.25, 0.3) is 0 Å². The number of carbonyl (C=O) groups is 2. The Bertz CT molecular complexity index is 349. The number of aliphatic carboxylic acids is 1. The minimum Gasteiger partial charge on any atom is -0.481 e. The van der Waals surface area contributed by atoms with Crippen molar-refractivity contribution < 1.29 is 19.8 Å². The number of aliphatic hydroxyl groups is 1. The standard InChI is InChI=1S/C13H24N2O4S/c1-3-20-10-5-4-9(6-10)15-12(18)14-8-13(2,19)7-11(16)17/h9-10,19H,3-8H2,1-2H3,(H,16,17)(H2,14,15,18). The molecule has 1 saturated carbocycles. The molecule has 0 saturated heterocycles. The van der Waals surface area contributed by atoms with E-state index in [9.17, 15) is 14.7 Å². The third kappa shape index (κ3) is 6.47. The van der Waals surface area contributed by atoms with Crippen LogP contribution in [0.2, 0.25) is 0 Å². The van der Waals surface area contributed by atoms with Crippen LogP contribution in [0.4, 0.5) is 4.79 Å². The van der Waals surface area contributed by atoms with Crippen LogP contribution in [0.1, 0.15) is 39.5 Å². The van der Waals surface area contributed by atoms with Crippen molar-refractivity contribution in [2.24, 2.45) is 0 Å². The monoisotopic (exact) mass is 304 g/mol. The molecule has 7 heteroatoms. The van der Waals surface area contributed by atoms with Crippen molar-refractivity contribution in [2.75, 3.05) is 12.3 Å². The van der Waals surface area contributed by atoms with E-state index < -0.39 is 18.0 Å². The molecule has 0 radical (unpaired) electrons. The zero-order valence-corrected chi connectivity index (χ0v) is 12.8. The second kappa shape index (κ2) is 7.73. The maximum Gasteiger partial charge on any atom is 0.315 e. The molecule has 116 valence electrons. The fraction of sp³-hybridized carbons (Fsp3) is 0.846. The Kier molecular flexibility index (Phi) is 6.61. The van der Waals surface area contributed by atoms with E-state index >= 15 is 0 Å². The van der Waals surface area contributed by atoms with Crippen molar-refractivity contribution >= 4 is 23.8 Å². The average Bonchev–Trinajstić information content (AvgIpc) is 2.73. The van der Waals surface area contributed by atoms with Crippen molar-refractivity contribution in [3.63, 3.8) is 0 Å². The molecule has 0 aromatic carbocycles. The lowest BCUT2D eigenvalue weighted by atomic mass is 10.0. The van der Waals surface area contributed by atoms with Crippen molar-refractivity contribution in [3.05, 3.63) is 0 Å². The van der Waals surface area contributed by atoms with Crippen LogP contribution >= 0.6 is 11.8 Å². The molecule has 3 atom stereocenters. The van der Waals surface area contributed by atoms with Crippen LogP contribution in [0.5, 0.6) is 0 Å². The predicted octanol–water partition coefficient (Wildman–Crippen LogP) is 1.19. The summed E-state index contributed by atoms with van der Waals surface area (Å²) in [6, 6.07) is -0.175. The van der Waals surface area contributed by atoms with Crippen molar-refractivity contribution in [1.29, 1.82) is 0 Å². The molecule has 0 bridgehead atoms. The van der Waals surface area contributed by atoms with Gasteiger partial charge >= 0.3 is 12.0 Å². The predicted molar refractivity (Wildman–Crippen MR) is 79.0 cm³/mol. The van der Waals surface area contributed by atoms with Crippen LogP contribution in [0.3, 0.4) is 0 Å². The van der Waals surface area contributed by atoms with E-state index in [1.807, 2.05) is 11.8 Å². The number of carboxylic acid groups (broad SMARTS) is 1. The third-order valence-electron chi connectivity index (χ3n) is 3.28. The van der Waals surface area contributed by atoms with E-state index in [0.29, 0.717) is 5.25 Å². The van der Waals surface area contributed by atoms with Crippen LogP contribution in [0, 0.1) is 0 Å². The van der Waals surface area contributed by atoms with Gasteiger partial charge in [-0.25, -0.2) is 4.79 Å². The smallest absolute Gasteiger partial charge is 0.315 e. The number of amides is 2.